The van der Waals surface area contributed by atoms with Gasteiger partial charge in [0.1, 0.15) is 11.2 Å². The number of aromatic nitrogens is 1. The van der Waals surface area contributed by atoms with E-state index in [1.807, 2.05) is 27.0 Å². The molecule has 0 aromatic carbocycles. The van der Waals surface area contributed by atoms with Crippen molar-refractivity contribution >= 4 is 25.8 Å². The van der Waals surface area contributed by atoms with Gasteiger partial charge in [0.05, 0.1) is 12.2 Å². The van der Waals surface area contributed by atoms with E-state index < -0.39 is 25.5 Å². The number of nitrogens with zero attached hydrogens (tertiary/aromatic N) is 4. The zero-order valence-electron chi connectivity index (χ0n) is 18.4. The highest BCUT2D eigenvalue weighted by atomic mass is 28.3. The van der Waals surface area contributed by atoms with E-state index in [1.54, 1.807) is 19.2 Å². The van der Waals surface area contributed by atoms with Crippen LogP contribution in [0.15, 0.2) is 17.3 Å². The number of aryl methyl sites for hydroxylation is 1. The van der Waals surface area contributed by atoms with Crippen molar-refractivity contribution in [3.63, 3.8) is 0 Å². The fraction of sp³-hybridized carbons (Fsp3) is 0.571. The van der Waals surface area contributed by atoms with Crippen LogP contribution in [0, 0.1) is 17.4 Å². The lowest BCUT2D eigenvalue weighted by Gasteiger charge is -2.22. The van der Waals surface area contributed by atoms with Gasteiger partial charge < -0.3 is 4.74 Å². The van der Waals surface area contributed by atoms with Gasteiger partial charge in [0.15, 0.2) is 12.0 Å². The molecule has 0 radical (unpaired) electrons. The van der Waals surface area contributed by atoms with Gasteiger partial charge in [0, 0.05) is 14.3 Å². The molecule has 1 aliphatic heterocycles. The van der Waals surface area contributed by atoms with E-state index >= 15 is 0 Å². The molecule has 0 spiro atoms. The van der Waals surface area contributed by atoms with Crippen molar-refractivity contribution in [2.45, 2.75) is 65.3 Å². The molecule has 0 saturated heterocycles. The Morgan fingerprint density at radius 1 is 1.38 bits per heavy atom. The first kappa shape index (κ1) is 22.8. The number of nitriles is 1. The molecule has 1 aliphatic rings. The summed E-state index contributed by atoms with van der Waals surface area (Å²) in [6.07, 6.45) is 4.23. The summed E-state index contributed by atoms with van der Waals surface area (Å²) >= 11 is 0. The fourth-order valence-electron chi connectivity index (χ4n) is 2.83. The van der Waals surface area contributed by atoms with E-state index in [-0.39, 0.29) is 23.0 Å². The maximum atomic E-state index is 12.9. The van der Waals surface area contributed by atoms with E-state index in [4.69, 9.17) is 4.74 Å². The molecule has 1 unspecified atom stereocenters. The lowest BCUT2D eigenvalue weighted by Crippen LogP contribution is -2.42. The highest BCUT2D eigenvalue weighted by Crippen LogP contribution is 2.32. The first-order valence-corrected chi connectivity index (χ1v) is 13.7. The highest BCUT2D eigenvalue weighted by Gasteiger charge is 2.48. The molecule has 2 rings (SSSR count). The van der Waals surface area contributed by atoms with Crippen molar-refractivity contribution < 1.29 is 14.3 Å². The van der Waals surface area contributed by atoms with E-state index in [0.29, 0.717) is 13.0 Å². The summed E-state index contributed by atoms with van der Waals surface area (Å²) in [4.78, 5) is 35.6. The number of pyridine rings is 1. The Morgan fingerprint density at radius 2 is 2.03 bits per heavy atom. The number of amides is 1. The quantitative estimate of drug-likeness (QED) is 0.386. The predicted molar refractivity (Wildman–Crippen MR) is 114 cm³/mol. The third kappa shape index (κ3) is 4.73. The molecule has 1 amide bonds. The van der Waals surface area contributed by atoms with Gasteiger partial charge in [-0.25, -0.2) is 9.79 Å². The van der Waals surface area contributed by atoms with Crippen LogP contribution in [0.1, 0.15) is 49.3 Å². The summed E-state index contributed by atoms with van der Waals surface area (Å²) in [7, 11) is -1.35. The summed E-state index contributed by atoms with van der Waals surface area (Å²) in [6, 6.07) is 2.57. The third-order valence-electron chi connectivity index (χ3n) is 5.28. The van der Waals surface area contributed by atoms with Crippen LogP contribution in [0.2, 0.25) is 25.7 Å². The molecule has 29 heavy (non-hydrogen) atoms. The standard InChI is InChI=1S/C21H30N4O3Si/c1-8-15-11-16(19(26)28-9-10-29(5,6)7)17(23-12-15)18-24-21(4,14(2)3)20(27)25(18)13-22/h11-12,14H,8-10H2,1-7H3. The minimum atomic E-state index is -1.35. The third-order valence-corrected chi connectivity index (χ3v) is 6.98. The molecule has 7 nitrogen and oxygen atoms in total. The van der Waals surface area contributed by atoms with E-state index in [9.17, 15) is 14.9 Å². The molecule has 0 N–H and O–H groups in total. The van der Waals surface area contributed by atoms with Crippen molar-refractivity contribution in [1.29, 1.82) is 5.26 Å². The van der Waals surface area contributed by atoms with Crippen LogP contribution in [-0.4, -0.2) is 47.8 Å². The SMILES string of the molecule is CCc1cnc(C2=NC(C)(C(C)C)C(=O)N2C#N)c(C(=O)OCC[Si](C)(C)C)c1. The number of hydrogen-bond acceptors (Lipinski definition) is 6. The molecule has 1 atom stereocenters. The Kier molecular flexibility index (Phi) is 6.63. The number of hydrogen-bond donors (Lipinski definition) is 0. The molecular weight excluding hydrogens is 384 g/mol. The molecule has 1 aromatic rings. The largest absolute Gasteiger partial charge is 0.462 e. The van der Waals surface area contributed by atoms with Gasteiger partial charge in [-0.15, -0.1) is 0 Å². The Labute approximate surface area is 173 Å². The number of esters is 1. The van der Waals surface area contributed by atoms with Crippen molar-refractivity contribution in [1.82, 2.24) is 9.88 Å². The zero-order chi connectivity index (χ0) is 22.0. The maximum absolute atomic E-state index is 12.9. The van der Waals surface area contributed by atoms with Gasteiger partial charge in [-0.05, 0) is 36.9 Å². The van der Waals surface area contributed by atoms with Gasteiger partial charge in [-0.1, -0.05) is 40.4 Å². The minimum absolute atomic E-state index is 0.105. The number of aliphatic imine (C=N–C) groups is 1. The Bertz CT molecular complexity index is 883. The number of ether oxygens (including phenoxy) is 1. The van der Waals surface area contributed by atoms with E-state index in [1.165, 1.54) is 0 Å². The second-order valence-corrected chi connectivity index (χ2v) is 14.6. The lowest BCUT2D eigenvalue weighted by molar-refractivity contribution is -0.129. The second kappa shape index (κ2) is 8.45. The van der Waals surface area contributed by atoms with Gasteiger partial charge in [-0.2, -0.15) is 10.2 Å². The predicted octanol–water partition coefficient (Wildman–Crippen LogP) is 3.62. The van der Waals surface area contributed by atoms with Crippen LogP contribution in [-0.2, 0) is 16.0 Å². The molecule has 2 heterocycles. The molecule has 0 bridgehead atoms. The van der Waals surface area contributed by atoms with E-state index in [0.717, 1.165) is 16.5 Å². The number of amidine groups is 1. The first-order valence-electron chi connectivity index (χ1n) is 9.95. The first-order chi connectivity index (χ1) is 13.4. The molecule has 0 saturated carbocycles. The minimum Gasteiger partial charge on any atom is -0.462 e. The molecule has 8 heteroatoms. The molecule has 156 valence electrons. The lowest BCUT2D eigenvalue weighted by atomic mass is 9.89. The fourth-order valence-corrected chi connectivity index (χ4v) is 3.55. The van der Waals surface area contributed by atoms with Crippen LogP contribution in [0.3, 0.4) is 0 Å². The normalized spacial score (nSPS) is 19.3. The molecule has 0 aliphatic carbocycles. The molecule has 0 fully saturated rings. The van der Waals surface area contributed by atoms with Crippen LogP contribution >= 0.6 is 0 Å². The number of carbonyl (C=O) groups excluding carboxylic acids is 2. The van der Waals surface area contributed by atoms with Crippen LogP contribution in [0.4, 0.5) is 0 Å². The van der Waals surface area contributed by atoms with Crippen LogP contribution < -0.4 is 0 Å². The Morgan fingerprint density at radius 3 is 2.55 bits per heavy atom. The monoisotopic (exact) mass is 414 g/mol. The average Bonchev–Trinajstić information content (AvgIpc) is 2.91. The summed E-state index contributed by atoms with van der Waals surface area (Å²) in [5.74, 6) is -0.935. The smallest absolute Gasteiger partial charge is 0.340 e. The van der Waals surface area contributed by atoms with Gasteiger partial charge >= 0.3 is 5.97 Å². The highest BCUT2D eigenvalue weighted by molar-refractivity contribution is 6.76. The van der Waals surface area contributed by atoms with Crippen molar-refractivity contribution in [3.8, 4) is 6.19 Å². The number of rotatable bonds is 7. The van der Waals surface area contributed by atoms with Crippen LogP contribution in [0.25, 0.3) is 0 Å². The summed E-state index contributed by atoms with van der Waals surface area (Å²) in [5.41, 5.74) is 0.236. The summed E-state index contributed by atoms with van der Waals surface area (Å²) in [6.45, 7) is 14.4. The molecule has 1 aromatic heterocycles. The van der Waals surface area contributed by atoms with E-state index in [2.05, 4.69) is 29.6 Å². The van der Waals surface area contributed by atoms with Gasteiger partial charge in [0.25, 0.3) is 5.91 Å². The van der Waals surface area contributed by atoms with Crippen molar-refractivity contribution in [2.24, 2.45) is 10.9 Å². The Balaban J connectivity index is 2.49. The summed E-state index contributed by atoms with van der Waals surface area (Å²) in [5, 5.41) is 9.58. The van der Waals surface area contributed by atoms with Gasteiger partial charge in [0.2, 0.25) is 0 Å². The topological polar surface area (TPSA) is 95.6 Å². The number of carbonyl (C=O) groups is 2. The molecular formula is C21H30N4O3Si. The van der Waals surface area contributed by atoms with Gasteiger partial charge in [-0.3, -0.25) is 9.78 Å². The average molecular weight is 415 g/mol. The van der Waals surface area contributed by atoms with Crippen molar-refractivity contribution in [3.05, 3.63) is 29.1 Å². The zero-order valence-corrected chi connectivity index (χ0v) is 19.4. The van der Waals surface area contributed by atoms with Crippen LogP contribution in [0.5, 0.6) is 0 Å². The maximum Gasteiger partial charge on any atom is 0.340 e. The Hall–Kier alpha value is -2.53. The second-order valence-electron chi connectivity index (χ2n) is 9.02. The van der Waals surface area contributed by atoms with Crippen molar-refractivity contribution in [2.75, 3.05) is 6.61 Å². The summed E-state index contributed by atoms with van der Waals surface area (Å²) < 4.78 is 5.51.